The molecule has 7 rings (SSSR count). The predicted octanol–water partition coefficient (Wildman–Crippen LogP) is 8.36. The molecule has 3 heterocycles. The van der Waals surface area contributed by atoms with Crippen molar-refractivity contribution in [3.8, 4) is 0 Å². The summed E-state index contributed by atoms with van der Waals surface area (Å²) in [6, 6.07) is 23.9. The Morgan fingerprint density at radius 1 is 0.879 bits per heavy atom. The third-order valence-corrected chi connectivity index (χ3v) is 8.49. The van der Waals surface area contributed by atoms with E-state index in [0.29, 0.717) is 5.92 Å². The van der Waals surface area contributed by atoms with Crippen molar-refractivity contribution in [2.75, 3.05) is 0 Å². The summed E-state index contributed by atoms with van der Waals surface area (Å²) < 4.78 is 17.2. The normalized spacial score (nSPS) is 17.0. The van der Waals surface area contributed by atoms with Crippen molar-refractivity contribution in [2.45, 2.75) is 19.3 Å². The zero-order chi connectivity index (χ0) is 21.9. The standard InChI is InChI=1S/C30H21IO2/c1-18-5-4-6-19(13-18)21-15-23(30-25(16-21)22-7-2-3-8-27(22)33-30)20-9-10-28-24(14-20)26-17-31-12-11-29(26)32-28/h2-15,17,21H,16H2,1H3. The number of furan rings is 2. The van der Waals surface area contributed by atoms with Gasteiger partial charge in [0.15, 0.2) is 0 Å². The number of hydrogen-bond donors (Lipinski definition) is 0. The Morgan fingerprint density at radius 3 is 2.73 bits per heavy atom. The lowest BCUT2D eigenvalue weighted by molar-refractivity contribution is 0.587. The Morgan fingerprint density at radius 2 is 1.79 bits per heavy atom. The molecule has 5 aromatic rings. The van der Waals surface area contributed by atoms with Gasteiger partial charge in [-0.25, -0.2) is 0 Å². The lowest BCUT2D eigenvalue weighted by Crippen LogP contribution is -2.08. The van der Waals surface area contributed by atoms with Crippen LogP contribution in [0.4, 0.5) is 0 Å². The summed E-state index contributed by atoms with van der Waals surface area (Å²) in [5, 5.41) is 2.42. The first kappa shape index (κ1) is 19.3. The maximum absolute atomic E-state index is 6.47. The Bertz CT molecular complexity index is 1660. The molecule has 1 aliphatic carbocycles. The molecule has 3 heteroatoms. The van der Waals surface area contributed by atoms with Gasteiger partial charge < -0.3 is 8.83 Å². The van der Waals surface area contributed by atoms with E-state index in [0.717, 1.165) is 29.1 Å². The molecule has 1 unspecified atom stereocenters. The molecule has 0 spiro atoms. The third-order valence-electron chi connectivity index (χ3n) is 6.73. The topological polar surface area (TPSA) is 26.3 Å². The van der Waals surface area contributed by atoms with Crippen LogP contribution >= 0.6 is 20.7 Å². The van der Waals surface area contributed by atoms with Crippen molar-refractivity contribution in [1.29, 1.82) is 0 Å². The summed E-state index contributed by atoms with van der Waals surface area (Å²) in [6.45, 7) is 2.17. The van der Waals surface area contributed by atoms with Gasteiger partial charge in [-0.15, -0.1) is 0 Å². The number of rotatable bonds is 2. The lowest BCUT2D eigenvalue weighted by atomic mass is 9.81. The SMILES string of the molecule is Cc1cccc(C2C=C(c3ccc4oc5c(c4c3)C=IC=C5)c3oc4ccccc4c3C2)c1. The second kappa shape index (κ2) is 7.42. The van der Waals surface area contributed by atoms with Gasteiger partial charge >= 0.3 is 0 Å². The summed E-state index contributed by atoms with van der Waals surface area (Å²) in [7, 11) is 0. The molecule has 0 saturated heterocycles. The van der Waals surface area contributed by atoms with Crippen molar-refractivity contribution in [3.63, 3.8) is 0 Å². The van der Waals surface area contributed by atoms with Gasteiger partial charge in [-0.2, -0.15) is 0 Å². The summed E-state index contributed by atoms with van der Waals surface area (Å²) in [5.41, 5.74) is 9.48. The second-order valence-electron chi connectivity index (χ2n) is 8.83. The minimum Gasteiger partial charge on any atom is -0.456 e. The molecule has 0 radical (unpaired) electrons. The molecule has 2 aromatic heterocycles. The van der Waals surface area contributed by atoms with Crippen LogP contribution in [0.3, 0.4) is 0 Å². The van der Waals surface area contributed by atoms with Crippen molar-refractivity contribution in [3.05, 3.63) is 116 Å². The zero-order valence-corrected chi connectivity index (χ0v) is 20.3. The first-order chi connectivity index (χ1) is 16.2. The van der Waals surface area contributed by atoms with Gasteiger partial charge in [0, 0.05) is 33.4 Å². The molecule has 0 fully saturated rings. The highest BCUT2D eigenvalue weighted by molar-refractivity contribution is 14.2. The average Bonchev–Trinajstić information content (AvgIpc) is 3.41. The average molecular weight is 540 g/mol. The third kappa shape index (κ3) is 3.10. The predicted molar refractivity (Wildman–Crippen MR) is 145 cm³/mol. The van der Waals surface area contributed by atoms with Gasteiger partial charge in [0.1, 0.15) is 22.7 Å². The molecule has 0 bridgehead atoms. The van der Waals surface area contributed by atoms with E-state index in [2.05, 4.69) is 93.9 Å². The number of aryl methyl sites for hydroxylation is 1. The fourth-order valence-corrected chi connectivity index (χ4v) is 6.89. The smallest absolute Gasteiger partial charge is 0.138 e. The van der Waals surface area contributed by atoms with E-state index in [-0.39, 0.29) is 20.7 Å². The van der Waals surface area contributed by atoms with E-state index in [1.165, 1.54) is 44.2 Å². The van der Waals surface area contributed by atoms with Crippen LogP contribution in [0.15, 0.2) is 85.7 Å². The molecule has 33 heavy (non-hydrogen) atoms. The first-order valence-corrected chi connectivity index (χ1v) is 13.7. The molecule has 2 nitrogen and oxygen atoms in total. The van der Waals surface area contributed by atoms with Crippen LogP contribution in [0.5, 0.6) is 0 Å². The van der Waals surface area contributed by atoms with Crippen LogP contribution < -0.4 is 0 Å². The zero-order valence-electron chi connectivity index (χ0n) is 18.1. The Balaban J connectivity index is 1.46. The molecular weight excluding hydrogens is 519 g/mol. The number of benzene rings is 3. The molecule has 0 N–H and O–H groups in total. The fourth-order valence-electron chi connectivity index (χ4n) is 5.15. The van der Waals surface area contributed by atoms with Crippen LogP contribution in [0, 0.1) is 6.92 Å². The largest absolute Gasteiger partial charge is 0.456 e. The fraction of sp³-hybridized carbons (Fsp3) is 0.100. The Kier molecular flexibility index (Phi) is 4.34. The number of para-hydroxylation sites is 1. The molecule has 1 aliphatic heterocycles. The minimum absolute atomic E-state index is 0.0454. The van der Waals surface area contributed by atoms with E-state index < -0.39 is 0 Å². The maximum atomic E-state index is 6.47. The highest BCUT2D eigenvalue weighted by Gasteiger charge is 2.28. The molecule has 0 amide bonds. The van der Waals surface area contributed by atoms with Gasteiger partial charge in [-0.05, 0) is 56.8 Å². The molecule has 160 valence electrons. The Hall–Kier alpha value is -3.18. The van der Waals surface area contributed by atoms with Gasteiger partial charge in [-0.1, -0.05) is 80.9 Å². The van der Waals surface area contributed by atoms with E-state index in [9.17, 15) is 0 Å². The van der Waals surface area contributed by atoms with E-state index in [4.69, 9.17) is 8.83 Å². The number of fused-ring (bicyclic) bond motifs is 6. The molecule has 2 aliphatic rings. The number of allylic oxidation sites excluding steroid dienone is 1. The summed E-state index contributed by atoms with van der Waals surface area (Å²) in [5.74, 6) is 2.30. The molecule has 1 atom stereocenters. The first-order valence-electron chi connectivity index (χ1n) is 11.2. The summed E-state index contributed by atoms with van der Waals surface area (Å²) in [6.07, 6.45) is 5.49. The highest BCUT2D eigenvalue weighted by atomic mass is 127. The monoisotopic (exact) mass is 540 g/mol. The van der Waals surface area contributed by atoms with E-state index in [1.54, 1.807) is 0 Å². The summed E-state index contributed by atoms with van der Waals surface area (Å²) >= 11 is -0.0454. The van der Waals surface area contributed by atoms with Crippen LogP contribution in [-0.2, 0) is 6.42 Å². The van der Waals surface area contributed by atoms with Crippen molar-refractivity contribution < 1.29 is 8.83 Å². The van der Waals surface area contributed by atoms with Crippen LogP contribution in [0.1, 0.15) is 45.3 Å². The van der Waals surface area contributed by atoms with Crippen LogP contribution in [0.2, 0.25) is 0 Å². The van der Waals surface area contributed by atoms with E-state index >= 15 is 0 Å². The van der Waals surface area contributed by atoms with Gasteiger partial charge in [0.05, 0.1) is 0 Å². The quantitative estimate of drug-likeness (QED) is 0.210. The van der Waals surface area contributed by atoms with Crippen molar-refractivity contribution in [2.24, 2.45) is 0 Å². The number of halogens is 1. The summed E-state index contributed by atoms with van der Waals surface area (Å²) in [4.78, 5) is 0. The Labute approximate surface area is 202 Å². The van der Waals surface area contributed by atoms with Gasteiger partial charge in [0.25, 0.3) is 0 Å². The van der Waals surface area contributed by atoms with E-state index in [1.807, 2.05) is 0 Å². The van der Waals surface area contributed by atoms with Crippen molar-refractivity contribution >= 4 is 58.3 Å². The van der Waals surface area contributed by atoms with Crippen LogP contribution in [-0.4, -0.2) is 4.01 Å². The highest BCUT2D eigenvalue weighted by Crippen LogP contribution is 2.44. The number of hydrogen-bond acceptors (Lipinski definition) is 2. The van der Waals surface area contributed by atoms with Crippen molar-refractivity contribution in [1.82, 2.24) is 0 Å². The molecule has 0 saturated carbocycles. The van der Waals surface area contributed by atoms with Gasteiger partial charge in [-0.3, -0.25) is 0 Å². The maximum Gasteiger partial charge on any atom is 0.138 e. The minimum atomic E-state index is -0.0454. The molecule has 3 aromatic carbocycles. The van der Waals surface area contributed by atoms with Gasteiger partial charge in [0.2, 0.25) is 0 Å². The second-order valence-corrected chi connectivity index (χ2v) is 10.9. The lowest BCUT2D eigenvalue weighted by Gasteiger charge is -2.22. The molecular formula is C30H21IO2. The van der Waals surface area contributed by atoms with Crippen LogP contribution in [0.25, 0.3) is 33.6 Å².